The van der Waals surface area contributed by atoms with E-state index in [9.17, 15) is 0 Å². The summed E-state index contributed by atoms with van der Waals surface area (Å²) >= 11 is 11.6. The number of likely N-dealkylation sites (tertiary alicyclic amines) is 1. The number of hydrogen-bond acceptors (Lipinski definition) is 3. The van der Waals surface area contributed by atoms with Gasteiger partial charge in [-0.05, 0) is 62.2 Å². The molecular weight excluding hydrogens is 328 g/mol. The van der Waals surface area contributed by atoms with Crippen LogP contribution in [-0.2, 0) is 13.2 Å². The maximum absolute atomic E-state index is 5.99. The largest absolute Gasteiger partial charge is 0.300 e. The lowest BCUT2D eigenvalue weighted by molar-refractivity contribution is 0.146. The zero-order valence-electron chi connectivity index (χ0n) is 13.7. The van der Waals surface area contributed by atoms with E-state index in [0.717, 1.165) is 53.4 Å². The molecule has 1 aliphatic rings. The molecule has 4 nitrogen and oxygen atoms in total. The molecule has 23 heavy (non-hydrogen) atoms. The molecule has 1 aromatic carbocycles. The zero-order valence-corrected chi connectivity index (χ0v) is 15.3. The first-order chi connectivity index (χ1) is 11.1. The molecule has 1 fully saturated rings. The maximum atomic E-state index is 5.99. The summed E-state index contributed by atoms with van der Waals surface area (Å²) in [6, 6.07) is 7.78. The van der Waals surface area contributed by atoms with Gasteiger partial charge in [0, 0.05) is 30.2 Å². The first kappa shape index (κ1) is 16.7. The minimum atomic E-state index is 0.734. The second-order valence-electron chi connectivity index (χ2n) is 6.30. The van der Waals surface area contributed by atoms with Crippen molar-refractivity contribution in [3.63, 3.8) is 0 Å². The van der Waals surface area contributed by atoms with Crippen LogP contribution in [0.25, 0.3) is 11.4 Å². The van der Waals surface area contributed by atoms with E-state index in [4.69, 9.17) is 28.9 Å². The highest BCUT2D eigenvalue weighted by molar-refractivity contribution is 7.71. The highest BCUT2D eigenvalue weighted by atomic mass is 35.5. The van der Waals surface area contributed by atoms with Crippen LogP contribution in [0.3, 0.4) is 0 Å². The second-order valence-corrected chi connectivity index (χ2v) is 7.10. The van der Waals surface area contributed by atoms with Crippen molar-refractivity contribution in [3.8, 4) is 11.4 Å². The molecule has 0 spiro atoms. The van der Waals surface area contributed by atoms with Gasteiger partial charge in [0.2, 0.25) is 0 Å². The van der Waals surface area contributed by atoms with Gasteiger partial charge < -0.3 is 4.57 Å². The van der Waals surface area contributed by atoms with Crippen LogP contribution in [-0.4, -0.2) is 32.3 Å². The van der Waals surface area contributed by atoms with Gasteiger partial charge >= 0.3 is 0 Å². The Morgan fingerprint density at radius 3 is 2.48 bits per heavy atom. The average Bonchev–Trinajstić information content (AvgIpc) is 2.86. The third-order valence-corrected chi connectivity index (χ3v) is 5.23. The standard InChI is InChI=1S/C17H23ClN4S/c1-3-21-16(14-4-6-15(18)7-5-14)19-22(17(21)23)12-20-10-8-13(2)9-11-20/h4-7,13H,3,8-12H2,1-2H3. The molecule has 0 saturated carbocycles. The van der Waals surface area contributed by atoms with Crippen molar-refractivity contribution in [1.82, 2.24) is 19.2 Å². The number of nitrogens with zero attached hydrogens (tertiary/aromatic N) is 4. The molecule has 2 aromatic rings. The Balaban J connectivity index is 1.87. The van der Waals surface area contributed by atoms with Gasteiger partial charge in [-0.15, -0.1) is 0 Å². The third-order valence-electron chi connectivity index (χ3n) is 4.55. The Hall–Kier alpha value is -1.17. The van der Waals surface area contributed by atoms with E-state index in [1.807, 2.05) is 28.9 Å². The Labute approximate surface area is 147 Å². The molecule has 3 rings (SSSR count). The molecule has 0 radical (unpaired) electrons. The highest BCUT2D eigenvalue weighted by Crippen LogP contribution is 2.22. The van der Waals surface area contributed by atoms with Crippen molar-refractivity contribution in [1.29, 1.82) is 0 Å². The number of aromatic nitrogens is 3. The molecule has 0 atom stereocenters. The van der Waals surface area contributed by atoms with Gasteiger partial charge in [-0.3, -0.25) is 4.90 Å². The monoisotopic (exact) mass is 350 g/mol. The minimum Gasteiger partial charge on any atom is -0.300 e. The predicted octanol–water partition coefficient (Wildman–Crippen LogP) is 4.44. The van der Waals surface area contributed by atoms with Crippen molar-refractivity contribution < 1.29 is 0 Å². The maximum Gasteiger partial charge on any atom is 0.199 e. The normalized spacial score (nSPS) is 16.8. The smallest absolute Gasteiger partial charge is 0.199 e. The van der Waals surface area contributed by atoms with Crippen molar-refractivity contribution in [2.75, 3.05) is 13.1 Å². The summed E-state index contributed by atoms with van der Waals surface area (Å²) in [7, 11) is 0. The first-order valence-corrected chi connectivity index (χ1v) is 9.03. The number of rotatable bonds is 4. The van der Waals surface area contributed by atoms with Gasteiger partial charge in [0.25, 0.3) is 0 Å². The van der Waals surface area contributed by atoms with Crippen molar-refractivity contribution >= 4 is 23.8 Å². The quantitative estimate of drug-likeness (QED) is 0.762. The van der Waals surface area contributed by atoms with E-state index in [1.165, 1.54) is 12.8 Å². The molecule has 0 N–H and O–H groups in total. The van der Waals surface area contributed by atoms with Crippen LogP contribution in [0, 0.1) is 10.7 Å². The fourth-order valence-corrected chi connectivity index (χ4v) is 3.46. The van der Waals surface area contributed by atoms with E-state index in [1.54, 1.807) is 0 Å². The topological polar surface area (TPSA) is 26.0 Å². The number of benzene rings is 1. The molecule has 0 aliphatic carbocycles. The molecule has 1 aliphatic heterocycles. The van der Waals surface area contributed by atoms with Crippen LogP contribution < -0.4 is 0 Å². The van der Waals surface area contributed by atoms with Crippen LogP contribution in [0.1, 0.15) is 26.7 Å². The second kappa shape index (κ2) is 7.16. The highest BCUT2D eigenvalue weighted by Gasteiger charge is 2.18. The van der Waals surface area contributed by atoms with Crippen molar-refractivity contribution in [3.05, 3.63) is 34.1 Å². The van der Waals surface area contributed by atoms with Gasteiger partial charge in [-0.2, -0.15) is 5.10 Å². The van der Waals surface area contributed by atoms with E-state index in [-0.39, 0.29) is 0 Å². The lowest BCUT2D eigenvalue weighted by Crippen LogP contribution is -2.34. The Kier molecular flexibility index (Phi) is 5.19. The summed E-state index contributed by atoms with van der Waals surface area (Å²) < 4.78 is 4.83. The Morgan fingerprint density at radius 1 is 1.22 bits per heavy atom. The van der Waals surface area contributed by atoms with E-state index >= 15 is 0 Å². The molecule has 124 valence electrons. The molecule has 1 saturated heterocycles. The van der Waals surface area contributed by atoms with Gasteiger partial charge in [0.15, 0.2) is 10.6 Å². The number of halogens is 1. The van der Waals surface area contributed by atoms with Crippen LogP contribution in [0.5, 0.6) is 0 Å². The third kappa shape index (κ3) is 3.67. The van der Waals surface area contributed by atoms with Crippen LogP contribution >= 0.6 is 23.8 Å². The van der Waals surface area contributed by atoms with E-state index < -0.39 is 0 Å². The van der Waals surface area contributed by atoms with Gasteiger partial charge in [0.1, 0.15) is 0 Å². The Bertz CT molecular complexity index is 711. The first-order valence-electron chi connectivity index (χ1n) is 8.24. The lowest BCUT2D eigenvalue weighted by Gasteiger charge is -2.29. The molecule has 0 bridgehead atoms. The summed E-state index contributed by atoms with van der Waals surface area (Å²) in [5, 5.41) is 5.52. The summed E-state index contributed by atoms with van der Waals surface area (Å²) in [4.78, 5) is 2.44. The average molecular weight is 351 g/mol. The number of hydrogen-bond donors (Lipinski definition) is 0. The van der Waals surface area contributed by atoms with Crippen molar-refractivity contribution in [2.45, 2.75) is 39.9 Å². The van der Waals surface area contributed by atoms with Crippen LogP contribution in [0.15, 0.2) is 24.3 Å². The van der Waals surface area contributed by atoms with Crippen molar-refractivity contribution in [2.24, 2.45) is 5.92 Å². The molecule has 2 heterocycles. The van der Waals surface area contributed by atoms with Gasteiger partial charge in [0.05, 0.1) is 6.67 Å². The molecular formula is C17H23ClN4S. The summed E-state index contributed by atoms with van der Waals surface area (Å²) in [6.07, 6.45) is 2.51. The fraction of sp³-hybridized carbons (Fsp3) is 0.529. The van der Waals surface area contributed by atoms with E-state index in [2.05, 4.69) is 23.3 Å². The van der Waals surface area contributed by atoms with E-state index in [0.29, 0.717) is 0 Å². The molecule has 0 unspecified atom stereocenters. The minimum absolute atomic E-state index is 0.734. The number of piperidine rings is 1. The molecule has 1 aromatic heterocycles. The predicted molar refractivity (Wildman–Crippen MR) is 97.1 cm³/mol. The van der Waals surface area contributed by atoms with Gasteiger partial charge in [-0.1, -0.05) is 18.5 Å². The Morgan fingerprint density at radius 2 is 1.87 bits per heavy atom. The van der Waals surface area contributed by atoms with Gasteiger partial charge in [-0.25, -0.2) is 4.68 Å². The SMILES string of the molecule is CCn1c(-c2ccc(Cl)cc2)nn(CN2CCC(C)CC2)c1=S. The van der Waals surface area contributed by atoms with Crippen LogP contribution in [0.4, 0.5) is 0 Å². The summed E-state index contributed by atoms with van der Waals surface area (Å²) in [5.74, 6) is 1.75. The molecule has 6 heteroatoms. The summed E-state index contributed by atoms with van der Waals surface area (Å²) in [6.45, 7) is 8.26. The zero-order chi connectivity index (χ0) is 16.4. The van der Waals surface area contributed by atoms with Crippen LogP contribution in [0.2, 0.25) is 5.02 Å². The molecule has 0 amide bonds. The fourth-order valence-electron chi connectivity index (χ4n) is 3.02. The lowest BCUT2D eigenvalue weighted by atomic mass is 10.00. The summed E-state index contributed by atoms with van der Waals surface area (Å²) in [5.41, 5.74) is 1.05.